The maximum atomic E-state index is 10.9. The SMILES string of the molecule is O=C(O)c1cc2c(s1)Cc1ccc(Br)cc1C2. The Kier molecular flexibility index (Phi) is 2.56. The molecule has 1 heterocycles. The number of halogens is 1. The molecule has 4 heteroatoms. The van der Waals surface area contributed by atoms with E-state index in [1.807, 2.05) is 12.1 Å². The molecule has 1 aliphatic carbocycles. The number of carboxylic acids is 1. The molecule has 17 heavy (non-hydrogen) atoms. The summed E-state index contributed by atoms with van der Waals surface area (Å²) in [7, 11) is 0. The predicted octanol–water partition coefficient (Wildman–Crippen LogP) is 3.70. The maximum Gasteiger partial charge on any atom is 0.345 e. The highest BCUT2D eigenvalue weighted by atomic mass is 79.9. The van der Waals surface area contributed by atoms with E-state index < -0.39 is 5.97 Å². The van der Waals surface area contributed by atoms with Crippen LogP contribution in [0.2, 0.25) is 0 Å². The van der Waals surface area contributed by atoms with Gasteiger partial charge >= 0.3 is 5.97 Å². The number of hydrogen-bond donors (Lipinski definition) is 1. The molecule has 1 N–H and O–H groups in total. The lowest BCUT2D eigenvalue weighted by Crippen LogP contribution is -2.03. The zero-order valence-electron chi connectivity index (χ0n) is 8.87. The summed E-state index contributed by atoms with van der Waals surface area (Å²) in [6.07, 6.45) is 1.70. The molecule has 86 valence electrons. The zero-order chi connectivity index (χ0) is 12.0. The Morgan fingerprint density at radius 1 is 1.18 bits per heavy atom. The largest absolute Gasteiger partial charge is 0.477 e. The van der Waals surface area contributed by atoms with E-state index in [0.29, 0.717) is 4.88 Å². The first-order valence-electron chi connectivity index (χ1n) is 5.25. The van der Waals surface area contributed by atoms with Gasteiger partial charge in [-0.05, 0) is 41.3 Å². The van der Waals surface area contributed by atoms with Crippen molar-refractivity contribution in [1.82, 2.24) is 0 Å². The Morgan fingerprint density at radius 3 is 2.76 bits per heavy atom. The first-order valence-corrected chi connectivity index (χ1v) is 6.86. The average molecular weight is 309 g/mol. The first kappa shape index (κ1) is 11.0. The smallest absolute Gasteiger partial charge is 0.345 e. The van der Waals surface area contributed by atoms with Gasteiger partial charge in [-0.2, -0.15) is 0 Å². The molecule has 0 spiro atoms. The highest BCUT2D eigenvalue weighted by Gasteiger charge is 2.20. The number of thiophene rings is 1. The van der Waals surface area contributed by atoms with Crippen molar-refractivity contribution in [3.63, 3.8) is 0 Å². The van der Waals surface area contributed by atoms with Crippen LogP contribution in [-0.2, 0) is 12.8 Å². The number of rotatable bonds is 1. The van der Waals surface area contributed by atoms with Gasteiger partial charge in [0.25, 0.3) is 0 Å². The quantitative estimate of drug-likeness (QED) is 0.744. The molecular weight excluding hydrogens is 300 g/mol. The summed E-state index contributed by atoms with van der Waals surface area (Å²) in [5.74, 6) is -0.824. The normalized spacial score (nSPS) is 13.0. The van der Waals surface area contributed by atoms with Crippen LogP contribution in [-0.4, -0.2) is 11.1 Å². The Morgan fingerprint density at radius 2 is 2.00 bits per heavy atom. The van der Waals surface area contributed by atoms with E-state index in [-0.39, 0.29) is 0 Å². The molecule has 0 unspecified atom stereocenters. The minimum atomic E-state index is -0.824. The molecule has 2 aromatic rings. The fourth-order valence-corrected chi connectivity index (χ4v) is 3.63. The van der Waals surface area contributed by atoms with Gasteiger partial charge in [0.1, 0.15) is 4.88 Å². The minimum absolute atomic E-state index is 0.446. The molecule has 0 saturated carbocycles. The number of hydrogen-bond acceptors (Lipinski definition) is 2. The van der Waals surface area contributed by atoms with Gasteiger partial charge in [-0.15, -0.1) is 11.3 Å². The lowest BCUT2D eigenvalue weighted by atomic mass is 9.91. The van der Waals surface area contributed by atoms with Gasteiger partial charge < -0.3 is 5.11 Å². The van der Waals surface area contributed by atoms with Crippen molar-refractivity contribution in [2.75, 3.05) is 0 Å². The number of carboxylic acid groups (broad SMARTS) is 1. The van der Waals surface area contributed by atoms with E-state index in [0.717, 1.165) is 22.9 Å². The summed E-state index contributed by atoms with van der Waals surface area (Å²) in [4.78, 5) is 12.6. The second-order valence-electron chi connectivity index (χ2n) is 4.13. The van der Waals surface area contributed by atoms with E-state index in [9.17, 15) is 4.79 Å². The van der Waals surface area contributed by atoms with Gasteiger partial charge in [0.2, 0.25) is 0 Å². The van der Waals surface area contributed by atoms with Crippen molar-refractivity contribution in [3.8, 4) is 0 Å². The van der Waals surface area contributed by atoms with Crippen molar-refractivity contribution < 1.29 is 9.90 Å². The molecule has 0 amide bonds. The summed E-state index contributed by atoms with van der Waals surface area (Å²) in [6.45, 7) is 0. The van der Waals surface area contributed by atoms with Gasteiger partial charge in [-0.25, -0.2) is 4.79 Å². The van der Waals surface area contributed by atoms with Gasteiger partial charge in [-0.1, -0.05) is 22.0 Å². The number of fused-ring (bicyclic) bond motifs is 2. The summed E-state index contributed by atoms with van der Waals surface area (Å²) < 4.78 is 1.08. The molecule has 0 bridgehead atoms. The predicted molar refractivity (Wildman–Crippen MR) is 71.0 cm³/mol. The van der Waals surface area contributed by atoms with E-state index in [4.69, 9.17) is 5.11 Å². The molecule has 0 saturated heterocycles. The zero-order valence-corrected chi connectivity index (χ0v) is 11.3. The first-order chi connectivity index (χ1) is 8.13. The Labute approximate surface area is 111 Å². The third-order valence-corrected chi connectivity index (χ3v) is 4.67. The van der Waals surface area contributed by atoms with Crippen LogP contribution in [0, 0.1) is 0 Å². The van der Waals surface area contributed by atoms with Crippen LogP contribution in [0.25, 0.3) is 0 Å². The van der Waals surface area contributed by atoms with Crippen molar-refractivity contribution in [2.45, 2.75) is 12.8 Å². The van der Waals surface area contributed by atoms with Crippen LogP contribution in [0.5, 0.6) is 0 Å². The average Bonchev–Trinajstić information content (AvgIpc) is 2.68. The lowest BCUT2D eigenvalue weighted by molar-refractivity contribution is 0.0702. The van der Waals surface area contributed by atoms with E-state index >= 15 is 0 Å². The van der Waals surface area contributed by atoms with Crippen molar-refractivity contribution in [3.05, 3.63) is 55.2 Å². The Bertz CT molecular complexity index is 616. The van der Waals surface area contributed by atoms with Crippen molar-refractivity contribution in [1.29, 1.82) is 0 Å². The Balaban J connectivity index is 2.05. The molecular formula is C13H9BrO2S. The molecule has 2 nitrogen and oxygen atoms in total. The minimum Gasteiger partial charge on any atom is -0.477 e. The number of aromatic carboxylic acids is 1. The standard InChI is InChI=1S/C13H9BrO2S/c14-10-2-1-7-5-11-9(3-8(7)4-10)6-12(17-11)13(15)16/h1-2,4,6H,3,5H2,(H,15,16). The number of carbonyl (C=O) groups is 1. The Hall–Kier alpha value is -1.13. The molecule has 0 aliphatic heterocycles. The van der Waals surface area contributed by atoms with E-state index in [1.54, 1.807) is 0 Å². The van der Waals surface area contributed by atoms with Crippen molar-refractivity contribution >= 4 is 33.2 Å². The second-order valence-corrected chi connectivity index (χ2v) is 6.18. The maximum absolute atomic E-state index is 10.9. The summed E-state index contributed by atoms with van der Waals surface area (Å²) in [5.41, 5.74) is 3.76. The molecule has 0 radical (unpaired) electrons. The lowest BCUT2D eigenvalue weighted by Gasteiger charge is -2.16. The summed E-state index contributed by atoms with van der Waals surface area (Å²) in [5, 5.41) is 9.00. The van der Waals surface area contributed by atoms with Crippen LogP contribution in [0.15, 0.2) is 28.7 Å². The molecule has 1 aliphatic rings. The van der Waals surface area contributed by atoms with Crippen LogP contribution in [0.3, 0.4) is 0 Å². The molecule has 1 aromatic carbocycles. The van der Waals surface area contributed by atoms with Gasteiger partial charge in [0.15, 0.2) is 0 Å². The summed E-state index contributed by atoms with van der Waals surface area (Å²) >= 11 is 4.87. The molecule has 0 atom stereocenters. The van der Waals surface area contributed by atoms with Crippen LogP contribution in [0.1, 0.15) is 31.2 Å². The van der Waals surface area contributed by atoms with Crippen LogP contribution < -0.4 is 0 Å². The van der Waals surface area contributed by atoms with Crippen LogP contribution in [0.4, 0.5) is 0 Å². The third kappa shape index (κ3) is 1.91. The highest BCUT2D eigenvalue weighted by molar-refractivity contribution is 9.10. The molecule has 3 rings (SSSR count). The van der Waals surface area contributed by atoms with E-state index in [1.165, 1.54) is 27.3 Å². The second kappa shape index (κ2) is 3.96. The van der Waals surface area contributed by atoms with Gasteiger partial charge in [0, 0.05) is 15.8 Å². The van der Waals surface area contributed by atoms with Gasteiger partial charge in [0.05, 0.1) is 0 Å². The summed E-state index contributed by atoms with van der Waals surface area (Å²) in [6, 6.07) is 8.08. The van der Waals surface area contributed by atoms with Crippen molar-refractivity contribution in [2.24, 2.45) is 0 Å². The highest BCUT2D eigenvalue weighted by Crippen LogP contribution is 2.34. The fourth-order valence-electron chi connectivity index (χ4n) is 2.18. The molecule has 0 fully saturated rings. The fraction of sp³-hybridized carbons (Fsp3) is 0.154. The monoisotopic (exact) mass is 308 g/mol. The molecule has 1 aromatic heterocycles. The van der Waals surface area contributed by atoms with Gasteiger partial charge in [-0.3, -0.25) is 0 Å². The van der Waals surface area contributed by atoms with E-state index in [2.05, 4.69) is 28.1 Å². The third-order valence-electron chi connectivity index (χ3n) is 3.01. The topological polar surface area (TPSA) is 37.3 Å². The van der Waals surface area contributed by atoms with Crippen LogP contribution >= 0.6 is 27.3 Å². The number of benzene rings is 1.